The molecule has 2 aromatic rings. The van der Waals surface area contributed by atoms with Gasteiger partial charge >= 0.3 is 0 Å². The highest BCUT2D eigenvalue weighted by Crippen LogP contribution is 2.37. The van der Waals surface area contributed by atoms with Crippen molar-refractivity contribution in [3.63, 3.8) is 0 Å². The van der Waals surface area contributed by atoms with Crippen LogP contribution in [0.2, 0.25) is 0 Å². The van der Waals surface area contributed by atoms with Crippen molar-refractivity contribution < 1.29 is 8.78 Å². The first kappa shape index (κ1) is 18.2. The van der Waals surface area contributed by atoms with Crippen molar-refractivity contribution in [3.05, 3.63) is 52.2 Å². The molecular weight excluding hydrogens is 352 g/mol. The number of hydrogen-bond donors (Lipinski definition) is 0. The van der Waals surface area contributed by atoms with Gasteiger partial charge in [-0.2, -0.15) is 0 Å². The molecular formula is C19H23F2N5O. The minimum absolute atomic E-state index is 0.352. The number of aromatic nitrogens is 4. The summed E-state index contributed by atoms with van der Waals surface area (Å²) in [5.41, 5.74) is 0.200. The van der Waals surface area contributed by atoms with Gasteiger partial charge in [0.1, 0.15) is 11.5 Å². The van der Waals surface area contributed by atoms with Crippen molar-refractivity contribution in [1.82, 2.24) is 24.4 Å². The Morgan fingerprint density at radius 3 is 2.59 bits per heavy atom. The lowest BCUT2D eigenvalue weighted by Crippen LogP contribution is -2.36. The zero-order valence-electron chi connectivity index (χ0n) is 15.1. The smallest absolute Gasteiger partial charge is 0.280 e. The molecule has 0 bridgehead atoms. The van der Waals surface area contributed by atoms with Crippen molar-refractivity contribution in [2.45, 2.75) is 51.1 Å². The molecule has 0 N–H and O–H groups in total. The second kappa shape index (κ2) is 7.80. The Labute approximate surface area is 156 Å². The van der Waals surface area contributed by atoms with E-state index in [0.717, 1.165) is 50.1 Å². The van der Waals surface area contributed by atoms with Crippen molar-refractivity contribution in [1.29, 1.82) is 0 Å². The third-order valence-electron chi connectivity index (χ3n) is 5.35. The van der Waals surface area contributed by atoms with E-state index in [4.69, 9.17) is 0 Å². The lowest BCUT2D eigenvalue weighted by Gasteiger charge is -2.31. The number of rotatable bonds is 6. The SMILES string of the molecule is O=c1cc(C(F)F)ncn1CC1CCN(Cc2ccnc(C3CC3)n2)CC1. The van der Waals surface area contributed by atoms with Crippen LogP contribution in [0.1, 0.15) is 55.2 Å². The highest BCUT2D eigenvalue weighted by Gasteiger charge is 2.27. The van der Waals surface area contributed by atoms with Gasteiger partial charge in [-0.15, -0.1) is 0 Å². The van der Waals surface area contributed by atoms with Crippen molar-refractivity contribution in [2.75, 3.05) is 13.1 Å². The summed E-state index contributed by atoms with van der Waals surface area (Å²) in [6.07, 6.45) is 4.70. The molecule has 2 fully saturated rings. The molecule has 8 heteroatoms. The number of piperidine rings is 1. The Balaban J connectivity index is 1.30. The maximum atomic E-state index is 12.6. The molecule has 4 rings (SSSR count). The fourth-order valence-electron chi connectivity index (χ4n) is 3.57. The predicted molar refractivity (Wildman–Crippen MR) is 95.5 cm³/mol. The van der Waals surface area contributed by atoms with Crippen LogP contribution in [0.3, 0.4) is 0 Å². The molecule has 3 heterocycles. The molecule has 2 aliphatic rings. The van der Waals surface area contributed by atoms with Gasteiger partial charge in [0.05, 0.1) is 12.0 Å². The van der Waals surface area contributed by atoms with Gasteiger partial charge in [0.2, 0.25) is 0 Å². The van der Waals surface area contributed by atoms with Gasteiger partial charge in [0, 0.05) is 31.3 Å². The lowest BCUT2D eigenvalue weighted by atomic mass is 9.96. The first-order valence-corrected chi connectivity index (χ1v) is 9.47. The van der Waals surface area contributed by atoms with Gasteiger partial charge in [0.25, 0.3) is 12.0 Å². The van der Waals surface area contributed by atoms with E-state index in [9.17, 15) is 13.6 Å². The Hall–Kier alpha value is -2.22. The summed E-state index contributed by atoms with van der Waals surface area (Å²) in [5, 5.41) is 0. The summed E-state index contributed by atoms with van der Waals surface area (Å²) in [7, 11) is 0. The third-order valence-corrected chi connectivity index (χ3v) is 5.35. The third kappa shape index (κ3) is 4.55. The summed E-state index contributed by atoms with van der Waals surface area (Å²) in [5.74, 6) is 1.88. The molecule has 27 heavy (non-hydrogen) atoms. The van der Waals surface area contributed by atoms with Crippen LogP contribution >= 0.6 is 0 Å². The van der Waals surface area contributed by atoms with Crippen LogP contribution in [0, 0.1) is 5.92 Å². The second-order valence-corrected chi connectivity index (χ2v) is 7.51. The van der Waals surface area contributed by atoms with E-state index in [1.807, 2.05) is 12.3 Å². The molecule has 1 aliphatic carbocycles. The van der Waals surface area contributed by atoms with Gasteiger partial charge in [-0.05, 0) is 50.8 Å². The average molecular weight is 375 g/mol. The molecule has 1 aliphatic heterocycles. The molecule has 1 saturated heterocycles. The van der Waals surface area contributed by atoms with E-state index < -0.39 is 17.7 Å². The standard InChI is InChI=1S/C19H23F2N5O/c20-18(21)16-9-17(27)26(12-23-16)10-13-4-7-25(8-5-13)11-15-3-6-22-19(24-15)14-1-2-14/h3,6,9,12-14,18H,1-2,4-5,7-8,10-11H2. The zero-order chi connectivity index (χ0) is 18.8. The highest BCUT2D eigenvalue weighted by molar-refractivity contribution is 5.10. The molecule has 0 radical (unpaired) electrons. The van der Waals surface area contributed by atoms with E-state index in [2.05, 4.69) is 19.9 Å². The molecule has 0 unspecified atom stereocenters. The minimum atomic E-state index is -2.71. The molecule has 0 amide bonds. The van der Waals surface area contributed by atoms with Gasteiger partial charge in [-0.3, -0.25) is 14.3 Å². The lowest BCUT2D eigenvalue weighted by molar-refractivity contribution is 0.144. The van der Waals surface area contributed by atoms with Crippen LogP contribution in [0.25, 0.3) is 0 Å². The predicted octanol–water partition coefficient (Wildman–Crippen LogP) is 2.76. The number of halogens is 2. The Bertz CT molecular complexity index is 844. The van der Waals surface area contributed by atoms with E-state index >= 15 is 0 Å². The number of alkyl halides is 2. The Morgan fingerprint density at radius 2 is 1.93 bits per heavy atom. The quantitative estimate of drug-likeness (QED) is 0.777. The molecule has 0 spiro atoms. The zero-order valence-corrected chi connectivity index (χ0v) is 15.1. The fourth-order valence-corrected chi connectivity index (χ4v) is 3.57. The van der Waals surface area contributed by atoms with Crippen LogP contribution in [-0.2, 0) is 13.1 Å². The van der Waals surface area contributed by atoms with E-state index in [-0.39, 0.29) is 0 Å². The normalized spacial score (nSPS) is 18.9. The van der Waals surface area contributed by atoms with Crippen molar-refractivity contribution in [3.8, 4) is 0 Å². The van der Waals surface area contributed by atoms with E-state index in [1.165, 1.54) is 23.7 Å². The molecule has 6 nitrogen and oxygen atoms in total. The molecule has 1 saturated carbocycles. The maximum absolute atomic E-state index is 12.6. The topological polar surface area (TPSA) is 63.9 Å². The second-order valence-electron chi connectivity index (χ2n) is 7.51. The summed E-state index contributed by atoms with van der Waals surface area (Å²) in [6.45, 7) is 3.22. The molecule has 0 aromatic carbocycles. The van der Waals surface area contributed by atoms with Crippen LogP contribution in [0.15, 0.2) is 29.5 Å². The van der Waals surface area contributed by atoms with Gasteiger partial charge in [-0.25, -0.2) is 23.7 Å². The summed E-state index contributed by atoms with van der Waals surface area (Å²) >= 11 is 0. The van der Waals surface area contributed by atoms with Crippen molar-refractivity contribution in [2.24, 2.45) is 5.92 Å². The summed E-state index contributed by atoms with van der Waals surface area (Å²) < 4.78 is 26.7. The molecule has 2 aromatic heterocycles. The van der Waals surface area contributed by atoms with E-state index in [0.29, 0.717) is 18.4 Å². The first-order chi connectivity index (χ1) is 13.1. The van der Waals surface area contributed by atoms with Crippen LogP contribution in [-0.4, -0.2) is 37.5 Å². The van der Waals surface area contributed by atoms with Gasteiger partial charge in [-0.1, -0.05) is 0 Å². The van der Waals surface area contributed by atoms with Crippen LogP contribution in [0.5, 0.6) is 0 Å². The van der Waals surface area contributed by atoms with Crippen LogP contribution < -0.4 is 5.56 Å². The number of nitrogens with zero attached hydrogens (tertiary/aromatic N) is 5. The first-order valence-electron chi connectivity index (χ1n) is 9.47. The monoisotopic (exact) mass is 375 g/mol. The van der Waals surface area contributed by atoms with E-state index in [1.54, 1.807) is 0 Å². The number of hydrogen-bond acceptors (Lipinski definition) is 5. The molecule has 0 atom stereocenters. The van der Waals surface area contributed by atoms with Gasteiger partial charge < -0.3 is 0 Å². The molecule has 144 valence electrons. The Kier molecular flexibility index (Phi) is 5.24. The average Bonchev–Trinajstić information content (AvgIpc) is 3.50. The maximum Gasteiger partial charge on any atom is 0.280 e. The minimum Gasteiger partial charge on any atom is -0.299 e. The fraction of sp³-hybridized carbons (Fsp3) is 0.579. The summed E-state index contributed by atoms with van der Waals surface area (Å²) in [4.78, 5) is 27.1. The summed E-state index contributed by atoms with van der Waals surface area (Å²) in [6, 6.07) is 2.92. The number of likely N-dealkylation sites (tertiary alicyclic amines) is 1. The van der Waals surface area contributed by atoms with Gasteiger partial charge in [0.15, 0.2) is 0 Å². The highest BCUT2D eigenvalue weighted by atomic mass is 19.3. The largest absolute Gasteiger partial charge is 0.299 e. The van der Waals surface area contributed by atoms with Crippen molar-refractivity contribution >= 4 is 0 Å². The van der Waals surface area contributed by atoms with Crippen LogP contribution in [0.4, 0.5) is 8.78 Å². The Morgan fingerprint density at radius 1 is 1.15 bits per heavy atom.